The van der Waals surface area contributed by atoms with E-state index in [1.165, 1.54) is 0 Å². The van der Waals surface area contributed by atoms with Crippen molar-refractivity contribution in [2.24, 2.45) is 7.05 Å². The second kappa shape index (κ2) is 7.92. The van der Waals surface area contributed by atoms with Gasteiger partial charge < -0.3 is 14.9 Å². The number of halogens is 2. The number of nitrogens with zero attached hydrogens (tertiary/aromatic N) is 3. The van der Waals surface area contributed by atoms with Crippen molar-refractivity contribution in [3.63, 3.8) is 0 Å². The summed E-state index contributed by atoms with van der Waals surface area (Å²) in [5.41, 5.74) is 4.98. The Morgan fingerprint density at radius 2 is 1.74 bits per heavy atom. The number of para-hydroxylation sites is 2. The van der Waals surface area contributed by atoms with Gasteiger partial charge in [0.2, 0.25) is 0 Å². The predicted octanol–water partition coefficient (Wildman–Crippen LogP) is 6.75. The van der Waals surface area contributed by atoms with Crippen LogP contribution in [0.5, 0.6) is 0 Å². The molecule has 0 radical (unpaired) electrons. The van der Waals surface area contributed by atoms with Crippen LogP contribution in [-0.4, -0.2) is 24.8 Å². The molecular formula is C22H15Cl2N5OS. The van der Waals surface area contributed by atoms with Crippen molar-refractivity contribution < 1.29 is 4.79 Å². The molecule has 6 nitrogen and oxygen atoms in total. The Hall–Kier alpha value is -3.00. The van der Waals surface area contributed by atoms with Gasteiger partial charge in [-0.2, -0.15) is 0 Å². The molecule has 1 amide bonds. The van der Waals surface area contributed by atoms with Gasteiger partial charge in [-0.3, -0.25) is 4.79 Å². The van der Waals surface area contributed by atoms with Crippen LogP contribution in [-0.2, 0) is 7.05 Å². The van der Waals surface area contributed by atoms with Crippen LogP contribution >= 0.6 is 35.0 Å². The number of hydrogen-bond acceptors (Lipinski definition) is 4. The van der Waals surface area contributed by atoms with Crippen LogP contribution < -0.4 is 5.32 Å². The Morgan fingerprint density at radius 3 is 2.52 bits per heavy atom. The molecule has 2 N–H and O–H groups in total. The molecule has 2 aromatic heterocycles. The summed E-state index contributed by atoms with van der Waals surface area (Å²) < 4.78 is 1.96. The molecule has 154 valence electrons. The molecule has 0 aliphatic heterocycles. The van der Waals surface area contributed by atoms with Gasteiger partial charge in [0.05, 0.1) is 32.1 Å². The average molecular weight is 468 g/mol. The molecule has 0 saturated heterocycles. The van der Waals surface area contributed by atoms with E-state index in [0.717, 1.165) is 45.2 Å². The topological polar surface area (TPSA) is 75.6 Å². The third-order valence-electron chi connectivity index (χ3n) is 4.87. The molecule has 0 spiro atoms. The van der Waals surface area contributed by atoms with Crippen LogP contribution in [0.1, 0.15) is 0 Å². The van der Waals surface area contributed by atoms with E-state index in [4.69, 9.17) is 23.2 Å². The number of aromatic nitrogens is 4. The largest absolute Gasteiger partial charge is 0.332 e. The van der Waals surface area contributed by atoms with Gasteiger partial charge in [-0.05, 0) is 48.5 Å². The van der Waals surface area contributed by atoms with E-state index >= 15 is 0 Å². The Balaban J connectivity index is 1.33. The Bertz CT molecular complexity index is 1410. The number of aromatic amines is 1. The summed E-state index contributed by atoms with van der Waals surface area (Å²) in [6.07, 6.45) is 0. The normalized spacial score (nSPS) is 11.3. The van der Waals surface area contributed by atoms with E-state index in [-0.39, 0.29) is 5.24 Å². The van der Waals surface area contributed by atoms with Crippen molar-refractivity contribution >= 4 is 68.0 Å². The second-order valence-electron chi connectivity index (χ2n) is 6.90. The number of hydrogen-bond donors (Lipinski definition) is 2. The number of amides is 1. The summed E-state index contributed by atoms with van der Waals surface area (Å²) in [5.74, 6) is 0.780. The first-order valence-corrected chi connectivity index (χ1v) is 10.9. The van der Waals surface area contributed by atoms with Crippen LogP contribution in [0, 0.1) is 0 Å². The number of aryl methyl sites for hydroxylation is 1. The Labute approximate surface area is 191 Å². The minimum atomic E-state index is -0.223. The number of fused-ring (bicyclic) bond motifs is 2. The Kier molecular flexibility index (Phi) is 5.09. The lowest BCUT2D eigenvalue weighted by Gasteiger charge is -2.06. The zero-order valence-corrected chi connectivity index (χ0v) is 18.5. The van der Waals surface area contributed by atoms with E-state index in [1.807, 2.05) is 60.1 Å². The van der Waals surface area contributed by atoms with E-state index in [2.05, 4.69) is 20.3 Å². The molecule has 5 aromatic rings. The number of thioether (sulfide) groups is 1. The maximum atomic E-state index is 12.4. The number of nitrogens with one attached hydrogen (secondary N) is 2. The lowest BCUT2D eigenvalue weighted by molar-refractivity contribution is 0.269. The van der Waals surface area contributed by atoms with Crippen molar-refractivity contribution in [1.82, 2.24) is 19.5 Å². The summed E-state index contributed by atoms with van der Waals surface area (Å²) >= 11 is 13.3. The highest BCUT2D eigenvalue weighted by Crippen LogP contribution is 2.31. The maximum Gasteiger partial charge on any atom is 0.291 e. The van der Waals surface area contributed by atoms with Crippen molar-refractivity contribution in [2.75, 3.05) is 5.32 Å². The van der Waals surface area contributed by atoms with Crippen molar-refractivity contribution in [2.45, 2.75) is 5.16 Å². The lowest BCUT2D eigenvalue weighted by Crippen LogP contribution is -2.05. The third-order valence-corrected chi connectivity index (χ3v) is 6.27. The monoisotopic (exact) mass is 467 g/mol. The van der Waals surface area contributed by atoms with E-state index < -0.39 is 0 Å². The lowest BCUT2D eigenvalue weighted by atomic mass is 10.2. The first-order chi connectivity index (χ1) is 15.0. The summed E-state index contributed by atoms with van der Waals surface area (Å²) in [5, 5.41) is 4.16. The number of carbonyl (C=O) groups excluding carboxylic acids is 1. The van der Waals surface area contributed by atoms with Crippen LogP contribution in [0.15, 0.2) is 65.8 Å². The highest BCUT2D eigenvalue weighted by Gasteiger charge is 2.13. The number of carbonyl (C=O) groups is 1. The van der Waals surface area contributed by atoms with Gasteiger partial charge in [-0.25, -0.2) is 9.97 Å². The number of H-pyrrole nitrogens is 1. The molecule has 0 unspecified atom stereocenters. The molecule has 5 rings (SSSR count). The molecule has 2 heterocycles. The van der Waals surface area contributed by atoms with Crippen molar-refractivity contribution in [3.05, 3.63) is 70.7 Å². The van der Waals surface area contributed by atoms with Crippen LogP contribution in [0.25, 0.3) is 33.5 Å². The van der Waals surface area contributed by atoms with Crippen LogP contribution in [0.3, 0.4) is 0 Å². The average Bonchev–Trinajstić information content (AvgIpc) is 3.29. The minimum absolute atomic E-state index is 0.223. The summed E-state index contributed by atoms with van der Waals surface area (Å²) in [7, 11) is 1.93. The molecule has 31 heavy (non-hydrogen) atoms. The number of anilines is 1. The maximum absolute atomic E-state index is 12.4. The number of imidazole rings is 2. The highest BCUT2D eigenvalue weighted by molar-refractivity contribution is 8.13. The fourth-order valence-electron chi connectivity index (χ4n) is 3.36. The SMILES string of the molecule is Cn1c(-c2ccc(NC(=O)Sc3nc4ccccc4[nH]3)cc2)nc2cc(Cl)c(Cl)cc21. The highest BCUT2D eigenvalue weighted by atomic mass is 35.5. The first-order valence-electron chi connectivity index (χ1n) is 9.33. The van der Waals surface area contributed by atoms with E-state index in [1.54, 1.807) is 12.1 Å². The quantitative estimate of drug-likeness (QED) is 0.287. The molecular weight excluding hydrogens is 453 g/mol. The summed E-state index contributed by atoms with van der Waals surface area (Å²) in [4.78, 5) is 24.6. The fourth-order valence-corrected chi connectivity index (χ4v) is 4.32. The van der Waals surface area contributed by atoms with E-state index in [0.29, 0.717) is 20.9 Å². The van der Waals surface area contributed by atoms with E-state index in [9.17, 15) is 4.79 Å². The molecule has 0 aliphatic rings. The zero-order valence-electron chi connectivity index (χ0n) is 16.2. The molecule has 9 heteroatoms. The fraction of sp³-hybridized carbons (Fsp3) is 0.0455. The molecule has 0 atom stereocenters. The van der Waals surface area contributed by atoms with Crippen LogP contribution in [0.4, 0.5) is 10.5 Å². The zero-order chi connectivity index (χ0) is 21.5. The minimum Gasteiger partial charge on any atom is -0.332 e. The van der Waals surface area contributed by atoms with Crippen molar-refractivity contribution in [1.29, 1.82) is 0 Å². The van der Waals surface area contributed by atoms with Crippen LogP contribution in [0.2, 0.25) is 10.0 Å². The molecule has 0 fully saturated rings. The molecule has 3 aromatic carbocycles. The van der Waals surface area contributed by atoms with Crippen molar-refractivity contribution in [3.8, 4) is 11.4 Å². The first kappa shape index (κ1) is 19.9. The number of rotatable bonds is 3. The predicted molar refractivity (Wildman–Crippen MR) is 127 cm³/mol. The van der Waals surface area contributed by atoms with Gasteiger partial charge in [0, 0.05) is 30.1 Å². The van der Waals surface area contributed by atoms with Gasteiger partial charge >= 0.3 is 0 Å². The second-order valence-corrected chi connectivity index (χ2v) is 8.68. The molecule has 0 aliphatic carbocycles. The smallest absolute Gasteiger partial charge is 0.291 e. The summed E-state index contributed by atoms with van der Waals surface area (Å²) in [6.45, 7) is 0. The Morgan fingerprint density at radius 1 is 1.00 bits per heavy atom. The molecule has 0 saturated carbocycles. The third kappa shape index (κ3) is 3.87. The number of benzene rings is 3. The van der Waals surface area contributed by atoms with Gasteiger partial charge in [-0.1, -0.05) is 35.3 Å². The van der Waals surface area contributed by atoms with Gasteiger partial charge in [0.25, 0.3) is 5.24 Å². The standard InChI is InChI=1S/C22H15Cl2N5OS/c1-29-19-11-15(24)14(23)10-18(19)26-20(29)12-6-8-13(9-7-12)25-22(30)31-21-27-16-4-2-3-5-17(16)28-21/h2-11H,1H3,(H,25,30)(H,27,28). The van der Waals surface area contributed by atoms with Gasteiger partial charge in [-0.15, -0.1) is 0 Å². The van der Waals surface area contributed by atoms with Gasteiger partial charge in [0.1, 0.15) is 5.82 Å². The van der Waals surface area contributed by atoms with Gasteiger partial charge in [0.15, 0.2) is 5.16 Å². The molecule has 0 bridgehead atoms. The summed E-state index contributed by atoms with van der Waals surface area (Å²) in [6, 6.07) is 18.7.